The van der Waals surface area contributed by atoms with Crippen LogP contribution in [0, 0.1) is 28.9 Å². The van der Waals surface area contributed by atoms with Crippen molar-refractivity contribution in [3.63, 3.8) is 0 Å². The summed E-state index contributed by atoms with van der Waals surface area (Å²) in [5.74, 6) is 1.35. The first-order chi connectivity index (χ1) is 9.56. The zero-order valence-electron chi connectivity index (χ0n) is 12.2. The van der Waals surface area contributed by atoms with Crippen molar-refractivity contribution in [3.05, 3.63) is 39.4 Å². The fourth-order valence-corrected chi connectivity index (χ4v) is 3.81. The molecule has 1 saturated carbocycles. The minimum absolute atomic E-state index is 0. The number of hydrogen-bond donors (Lipinski definition) is 1. The lowest BCUT2D eigenvalue weighted by Gasteiger charge is -2.19. The number of benzene rings is 1. The number of likely N-dealkylation sites (tertiary alicyclic amines) is 1. The Morgan fingerprint density at radius 3 is 2.81 bits per heavy atom. The summed E-state index contributed by atoms with van der Waals surface area (Å²) in [7, 11) is 0. The van der Waals surface area contributed by atoms with Gasteiger partial charge in [-0.2, -0.15) is 0 Å². The highest BCUT2D eigenvalue weighted by Crippen LogP contribution is 2.38. The van der Waals surface area contributed by atoms with Crippen molar-refractivity contribution in [2.45, 2.75) is 32.4 Å². The van der Waals surface area contributed by atoms with Gasteiger partial charge in [-0.3, -0.25) is 15.0 Å². The summed E-state index contributed by atoms with van der Waals surface area (Å²) in [5.41, 5.74) is 8.23. The number of nitro groups is 1. The quantitative estimate of drug-likeness (QED) is 0.687. The summed E-state index contributed by atoms with van der Waals surface area (Å²) in [5, 5.41) is 11.0. The first kappa shape index (κ1) is 16.2. The molecule has 2 aliphatic rings. The Morgan fingerprint density at radius 2 is 2.14 bits per heavy atom. The molecule has 21 heavy (non-hydrogen) atoms. The van der Waals surface area contributed by atoms with Crippen LogP contribution >= 0.6 is 12.4 Å². The Kier molecular flexibility index (Phi) is 4.86. The fraction of sp³-hybridized carbons (Fsp3) is 0.600. The second-order valence-electron chi connectivity index (χ2n) is 6.18. The summed E-state index contributed by atoms with van der Waals surface area (Å²) in [6, 6.07) is 5.70. The monoisotopic (exact) mass is 311 g/mol. The van der Waals surface area contributed by atoms with Gasteiger partial charge in [0.2, 0.25) is 0 Å². The Bertz CT molecular complexity index is 538. The van der Waals surface area contributed by atoms with Gasteiger partial charge in [-0.15, -0.1) is 12.4 Å². The number of nitrogens with two attached hydrogens (primary N) is 1. The van der Waals surface area contributed by atoms with E-state index < -0.39 is 0 Å². The molecule has 0 spiro atoms. The van der Waals surface area contributed by atoms with E-state index in [1.165, 1.54) is 6.42 Å². The number of hydrogen-bond acceptors (Lipinski definition) is 4. The van der Waals surface area contributed by atoms with E-state index in [0.29, 0.717) is 12.0 Å². The summed E-state index contributed by atoms with van der Waals surface area (Å²) in [6.45, 7) is 4.76. The molecule has 1 heterocycles. The number of halogens is 1. The summed E-state index contributed by atoms with van der Waals surface area (Å²) in [4.78, 5) is 13.1. The average Bonchev–Trinajstić information content (AvgIpc) is 2.94. The van der Waals surface area contributed by atoms with Gasteiger partial charge < -0.3 is 5.73 Å². The first-order valence-electron chi connectivity index (χ1n) is 7.27. The van der Waals surface area contributed by atoms with Gasteiger partial charge in [0.15, 0.2) is 0 Å². The minimum atomic E-state index is -0.298. The van der Waals surface area contributed by atoms with E-state index in [9.17, 15) is 10.1 Å². The molecule has 1 saturated heterocycles. The lowest BCUT2D eigenvalue weighted by Crippen LogP contribution is -2.30. The highest BCUT2D eigenvalue weighted by Gasteiger charge is 2.40. The molecule has 1 aliphatic heterocycles. The van der Waals surface area contributed by atoms with Crippen molar-refractivity contribution >= 4 is 18.1 Å². The number of rotatable bonds is 3. The van der Waals surface area contributed by atoms with Gasteiger partial charge in [-0.05, 0) is 37.2 Å². The lowest BCUT2D eigenvalue weighted by molar-refractivity contribution is -0.385. The number of nitro benzene ring substituents is 1. The van der Waals surface area contributed by atoms with E-state index in [4.69, 9.17) is 5.73 Å². The predicted molar refractivity (Wildman–Crippen MR) is 84.5 cm³/mol. The van der Waals surface area contributed by atoms with Crippen LogP contribution in [0.1, 0.15) is 24.0 Å². The maximum atomic E-state index is 11.0. The largest absolute Gasteiger partial charge is 0.327 e. The van der Waals surface area contributed by atoms with E-state index in [0.717, 1.165) is 43.1 Å². The Hall–Kier alpha value is -1.17. The highest BCUT2D eigenvalue weighted by atomic mass is 35.5. The Morgan fingerprint density at radius 1 is 1.38 bits per heavy atom. The molecule has 3 rings (SSSR count). The van der Waals surface area contributed by atoms with Crippen LogP contribution in [0.5, 0.6) is 0 Å². The fourth-order valence-electron chi connectivity index (χ4n) is 3.81. The Labute approximate surface area is 131 Å². The normalized spacial score (nSPS) is 28.2. The minimum Gasteiger partial charge on any atom is -0.327 e. The third kappa shape index (κ3) is 3.05. The van der Waals surface area contributed by atoms with Crippen LogP contribution in [-0.4, -0.2) is 29.0 Å². The van der Waals surface area contributed by atoms with Gasteiger partial charge in [0.05, 0.1) is 4.92 Å². The van der Waals surface area contributed by atoms with Gasteiger partial charge in [-0.25, -0.2) is 0 Å². The van der Waals surface area contributed by atoms with Crippen LogP contribution in [0.15, 0.2) is 18.2 Å². The van der Waals surface area contributed by atoms with Crippen LogP contribution in [0.2, 0.25) is 0 Å². The number of nitrogens with zero attached hydrogens (tertiary/aromatic N) is 2. The lowest BCUT2D eigenvalue weighted by atomic mass is 9.98. The second kappa shape index (κ2) is 6.30. The van der Waals surface area contributed by atoms with E-state index >= 15 is 0 Å². The SMILES string of the molecule is Cc1c(CN2CC3CCC(N)C3C2)cccc1[N+](=O)[O-].Cl. The summed E-state index contributed by atoms with van der Waals surface area (Å²) in [6.07, 6.45) is 2.38. The summed E-state index contributed by atoms with van der Waals surface area (Å²) < 4.78 is 0. The topological polar surface area (TPSA) is 72.4 Å². The van der Waals surface area contributed by atoms with Crippen LogP contribution in [-0.2, 0) is 6.54 Å². The molecule has 1 aliphatic carbocycles. The molecular formula is C15H22ClN3O2. The third-order valence-corrected chi connectivity index (χ3v) is 5.00. The maximum absolute atomic E-state index is 11.0. The van der Waals surface area contributed by atoms with E-state index in [1.807, 2.05) is 13.0 Å². The smallest absolute Gasteiger partial charge is 0.272 e. The Balaban J connectivity index is 0.00000161. The van der Waals surface area contributed by atoms with E-state index in [-0.39, 0.29) is 23.0 Å². The average molecular weight is 312 g/mol. The van der Waals surface area contributed by atoms with Crippen LogP contribution in [0.3, 0.4) is 0 Å². The molecule has 0 aromatic heterocycles. The molecule has 2 N–H and O–H groups in total. The predicted octanol–water partition coefficient (Wildman–Crippen LogP) is 2.49. The molecule has 3 unspecified atom stereocenters. The van der Waals surface area contributed by atoms with Crippen molar-refractivity contribution in [1.29, 1.82) is 0 Å². The third-order valence-electron chi connectivity index (χ3n) is 5.00. The van der Waals surface area contributed by atoms with Gasteiger partial charge >= 0.3 is 0 Å². The molecule has 1 aromatic carbocycles. The first-order valence-corrected chi connectivity index (χ1v) is 7.27. The van der Waals surface area contributed by atoms with Gasteiger partial charge in [0.25, 0.3) is 5.69 Å². The highest BCUT2D eigenvalue weighted by molar-refractivity contribution is 5.85. The summed E-state index contributed by atoms with van der Waals surface area (Å²) >= 11 is 0. The molecule has 6 heteroatoms. The standard InChI is InChI=1S/C15H21N3O2.ClH/c1-10-11(3-2-4-15(10)18(19)20)7-17-8-12-5-6-14(16)13(12)9-17;/h2-4,12-14H,5-9,16H2,1H3;1H. The second-order valence-corrected chi connectivity index (χ2v) is 6.18. The zero-order chi connectivity index (χ0) is 14.3. The maximum Gasteiger partial charge on any atom is 0.272 e. The van der Waals surface area contributed by atoms with Gasteiger partial charge in [0.1, 0.15) is 0 Å². The van der Waals surface area contributed by atoms with Crippen LogP contribution in [0.4, 0.5) is 5.69 Å². The molecule has 5 nitrogen and oxygen atoms in total. The van der Waals surface area contributed by atoms with Gasteiger partial charge in [-0.1, -0.05) is 12.1 Å². The van der Waals surface area contributed by atoms with Crippen LogP contribution < -0.4 is 5.73 Å². The molecule has 116 valence electrons. The number of fused-ring (bicyclic) bond motifs is 1. The molecule has 0 radical (unpaired) electrons. The van der Waals surface area contributed by atoms with Gasteiger partial charge in [0, 0.05) is 37.3 Å². The molecule has 3 atom stereocenters. The molecule has 1 aromatic rings. The van der Waals surface area contributed by atoms with E-state index in [1.54, 1.807) is 12.1 Å². The zero-order valence-corrected chi connectivity index (χ0v) is 13.0. The van der Waals surface area contributed by atoms with Crippen molar-refractivity contribution < 1.29 is 4.92 Å². The van der Waals surface area contributed by atoms with E-state index in [2.05, 4.69) is 4.90 Å². The van der Waals surface area contributed by atoms with Crippen molar-refractivity contribution in [3.8, 4) is 0 Å². The molecule has 0 bridgehead atoms. The van der Waals surface area contributed by atoms with Crippen molar-refractivity contribution in [1.82, 2.24) is 4.90 Å². The van der Waals surface area contributed by atoms with Crippen LogP contribution in [0.25, 0.3) is 0 Å². The van der Waals surface area contributed by atoms with Crippen molar-refractivity contribution in [2.24, 2.45) is 17.6 Å². The molecule has 2 fully saturated rings. The molecule has 0 amide bonds. The van der Waals surface area contributed by atoms with Crippen molar-refractivity contribution in [2.75, 3.05) is 13.1 Å². The molecular weight excluding hydrogens is 290 g/mol.